The summed E-state index contributed by atoms with van der Waals surface area (Å²) in [5.41, 5.74) is 0.928. The summed E-state index contributed by atoms with van der Waals surface area (Å²) < 4.78 is 2.60. The Hall–Kier alpha value is -1.04. The van der Waals surface area contributed by atoms with Gasteiger partial charge in [0.25, 0.3) is 0 Å². The number of hydrogen-bond donors (Lipinski definition) is 1. The third-order valence-electron chi connectivity index (χ3n) is 2.38. The van der Waals surface area contributed by atoms with Crippen LogP contribution in [0.1, 0.15) is 12.6 Å². The van der Waals surface area contributed by atoms with E-state index in [-0.39, 0.29) is 6.04 Å². The lowest BCUT2D eigenvalue weighted by Crippen LogP contribution is -2.44. The molecule has 0 saturated heterocycles. The van der Waals surface area contributed by atoms with Crippen LogP contribution < -0.4 is 0 Å². The maximum atomic E-state index is 10.9. The van der Waals surface area contributed by atoms with Crippen LogP contribution in [0.15, 0.2) is 10.7 Å². The molecule has 0 fully saturated rings. The minimum atomic E-state index is -0.874. The van der Waals surface area contributed by atoms with Crippen LogP contribution in [-0.4, -0.2) is 31.9 Å². The molecule has 1 aliphatic heterocycles. The van der Waals surface area contributed by atoms with Gasteiger partial charge in [-0.2, -0.15) is 5.10 Å². The van der Waals surface area contributed by atoms with Gasteiger partial charge in [-0.1, -0.05) is 0 Å². The largest absolute Gasteiger partial charge is 0.465 e. The molecule has 0 radical (unpaired) electrons. The van der Waals surface area contributed by atoms with Crippen molar-refractivity contribution in [1.82, 2.24) is 14.7 Å². The fraction of sp³-hybridized carbons (Fsp3) is 0.500. The zero-order valence-electron chi connectivity index (χ0n) is 7.64. The van der Waals surface area contributed by atoms with Crippen molar-refractivity contribution in [3.05, 3.63) is 16.4 Å². The van der Waals surface area contributed by atoms with Gasteiger partial charge >= 0.3 is 6.09 Å². The first-order valence-electron chi connectivity index (χ1n) is 4.29. The van der Waals surface area contributed by atoms with Crippen molar-refractivity contribution in [3.8, 4) is 0 Å². The smallest absolute Gasteiger partial charge is 0.407 e. The van der Waals surface area contributed by atoms with E-state index in [0.717, 1.165) is 10.3 Å². The highest BCUT2D eigenvalue weighted by atomic mass is 79.9. The van der Waals surface area contributed by atoms with E-state index in [9.17, 15) is 4.79 Å². The molecule has 1 amide bonds. The lowest BCUT2D eigenvalue weighted by molar-refractivity contribution is 0.105. The van der Waals surface area contributed by atoms with Crippen LogP contribution in [-0.2, 0) is 13.1 Å². The number of halogens is 1. The highest BCUT2D eigenvalue weighted by Crippen LogP contribution is 2.20. The minimum absolute atomic E-state index is 0.0215. The Morgan fingerprint density at radius 1 is 1.79 bits per heavy atom. The van der Waals surface area contributed by atoms with Crippen molar-refractivity contribution in [3.63, 3.8) is 0 Å². The maximum Gasteiger partial charge on any atom is 0.407 e. The van der Waals surface area contributed by atoms with Gasteiger partial charge in [-0.15, -0.1) is 0 Å². The van der Waals surface area contributed by atoms with Gasteiger partial charge < -0.3 is 5.11 Å². The SMILES string of the molecule is C[C@H]1Cn2nc(Br)cc2CN1C(=O)O. The first-order valence-corrected chi connectivity index (χ1v) is 5.09. The number of aromatic nitrogens is 2. The molecule has 1 N–H and O–H groups in total. The molecule has 6 heteroatoms. The maximum absolute atomic E-state index is 10.9. The average Bonchev–Trinajstić information content (AvgIpc) is 2.42. The van der Waals surface area contributed by atoms with Crippen molar-refractivity contribution in [2.75, 3.05) is 0 Å². The van der Waals surface area contributed by atoms with Crippen LogP contribution in [0.4, 0.5) is 4.79 Å². The normalized spacial score (nSPS) is 20.7. The molecular weight excluding hydrogens is 250 g/mol. The molecule has 14 heavy (non-hydrogen) atoms. The molecule has 0 saturated carbocycles. The Balaban J connectivity index is 2.30. The standard InChI is InChI=1S/C8H10BrN3O2/c1-5-3-12-6(2-7(9)10-12)4-11(5)8(13)14/h2,5H,3-4H2,1H3,(H,13,14)/t5-/m0/s1. The fourth-order valence-electron chi connectivity index (χ4n) is 1.64. The minimum Gasteiger partial charge on any atom is -0.465 e. The molecule has 1 atom stereocenters. The van der Waals surface area contributed by atoms with E-state index in [1.807, 2.05) is 17.7 Å². The second-order valence-corrected chi connectivity index (χ2v) is 4.21. The molecule has 76 valence electrons. The summed E-state index contributed by atoms with van der Waals surface area (Å²) in [7, 11) is 0. The average molecular weight is 260 g/mol. The summed E-state index contributed by atoms with van der Waals surface area (Å²) in [6.45, 7) is 2.91. The van der Waals surface area contributed by atoms with Gasteiger partial charge in [0.2, 0.25) is 0 Å². The van der Waals surface area contributed by atoms with Gasteiger partial charge in [0.05, 0.1) is 24.8 Å². The number of fused-ring (bicyclic) bond motifs is 1. The molecular formula is C8H10BrN3O2. The summed E-state index contributed by atoms with van der Waals surface area (Å²) >= 11 is 3.27. The van der Waals surface area contributed by atoms with Gasteiger partial charge in [0.1, 0.15) is 4.60 Å². The highest BCUT2D eigenvalue weighted by Gasteiger charge is 2.27. The molecule has 0 aliphatic carbocycles. The fourth-order valence-corrected chi connectivity index (χ4v) is 2.10. The summed E-state index contributed by atoms with van der Waals surface area (Å²) in [4.78, 5) is 12.3. The molecule has 1 aromatic heterocycles. The van der Waals surface area contributed by atoms with Crippen LogP contribution in [0.25, 0.3) is 0 Å². The second kappa shape index (κ2) is 3.27. The third-order valence-corrected chi connectivity index (χ3v) is 2.77. The summed E-state index contributed by atoms with van der Waals surface area (Å²) in [5, 5.41) is 13.1. The Morgan fingerprint density at radius 2 is 2.50 bits per heavy atom. The first kappa shape index (κ1) is 9.51. The van der Waals surface area contributed by atoms with Gasteiger partial charge in [0, 0.05) is 0 Å². The van der Waals surface area contributed by atoms with Crippen molar-refractivity contribution < 1.29 is 9.90 Å². The summed E-state index contributed by atoms with van der Waals surface area (Å²) in [6.07, 6.45) is -0.874. The molecule has 2 heterocycles. The van der Waals surface area contributed by atoms with E-state index >= 15 is 0 Å². The number of rotatable bonds is 0. The Labute approximate surface area is 89.4 Å². The van der Waals surface area contributed by atoms with Gasteiger partial charge in [-0.25, -0.2) is 4.79 Å². The van der Waals surface area contributed by atoms with Gasteiger partial charge in [-0.3, -0.25) is 9.58 Å². The van der Waals surface area contributed by atoms with Crippen LogP contribution in [0.2, 0.25) is 0 Å². The first-order chi connectivity index (χ1) is 6.58. The number of carbonyl (C=O) groups is 1. The van der Waals surface area contributed by atoms with Gasteiger partial charge in [-0.05, 0) is 28.9 Å². The zero-order chi connectivity index (χ0) is 10.3. The van der Waals surface area contributed by atoms with Crippen molar-refractivity contribution in [2.24, 2.45) is 0 Å². The summed E-state index contributed by atoms with van der Waals surface area (Å²) in [5.74, 6) is 0. The topological polar surface area (TPSA) is 58.4 Å². The molecule has 5 nitrogen and oxygen atoms in total. The molecule has 1 aromatic rings. The number of hydrogen-bond acceptors (Lipinski definition) is 2. The van der Waals surface area contributed by atoms with Crippen LogP contribution >= 0.6 is 15.9 Å². The Bertz CT molecular complexity index is 377. The van der Waals surface area contributed by atoms with Crippen molar-refractivity contribution in [1.29, 1.82) is 0 Å². The van der Waals surface area contributed by atoms with Crippen molar-refractivity contribution >= 4 is 22.0 Å². The summed E-state index contributed by atoms with van der Waals surface area (Å²) in [6, 6.07) is 1.83. The molecule has 0 spiro atoms. The van der Waals surface area contributed by atoms with E-state index < -0.39 is 6.09 Å². The lowest BCUT2D eigenvalue weighted by Gasteiger charge is -2.31. The third kappa shape index (κ3) is 1.50. The quantitative estimate of drug-likeness (QED) is 0.769. The zero-order valence-corrected chi connectivity index (χ0v) is 9.23. The van der Waals surface area contributed by atoms with Crippen molar-refractivity contribution in [2.45, 2.75) is 26.1 Å². The van der Waals surface area contributed by atoms with Crippen LogP contribution in [0.5, 0.6) is 0 Å². The Kier molecular flexibility index (Phi) is 2.22. The molecule has 1 aliphatic rings. The highest BCUT2D eigenvalue weighted by molar-refractivity contribution is 9.10. The predicted octanol–water partition coefficient (Wildman–Crippen LogP) is 1.53. The predicted molar refractivity (Wildman–Crippen MR) is 53.0 cm³/mol. The number of nitrogens with zero attached hydrogens (tertiary/aromatic N) is 3. The Morgan fingerprint density at radius 3 is 3.14 bits per heavy atom. The van der Waals surface area contributed by atoms with E-state index in [2.05, 4.69) is 21.0 Å². The lowest BCUT2D eigenvalue weighted by atomic mass is 10.2. The van der Waals surface area contributed by atoms with Crippen LogP contribution in [0.3, 0.4) is 0 Å². The van der Waals surface area contributed by atoms with Crippen LogP contribution in [0, 0.1) is 0 Å². The molecule has 2 rings (SSSR count). The van der Waals surface area contributed by atoms with E-state index in [1.165, 1.54) is 4.90 Å². The number of amides is 1. The van der Waals surface area contributed by atoms with E-state index in [4.69, 9.17) is 5.11 Å². The van der Waals surface area contributed by atoms with E-state index in [0.29, 0.717) is 13.1 Å². The van der Waals surface area contributed by atoms with E-state index in [1.54, 1.807) is 0 Å². The molecule has 0 bridgehead atoms. The monoisotopic (exact) mass is 259 g/mol. The second-order valence-electron chi connectivity index (χ2n) is 3.40. The molecule has 0 unspecified atom stereocenters. The molecule has 0 aromatic carbocycles. The van der Waals surface area contributed by atoms with Gasteiger partial charge in [0.15, 0.2) is 0 Å². The number of carboxylic acid groups (broad SMARTS) is 1.